The van der Waals surface area contributed by atoms with Crippen molar-refractivity contribution in [3.63, 3.8) is 0 Å². The van der Waals surface area contributed by atoms with Crippen molar-refractivity contribution < 1.29 is 0 Å². The molecule has 0 atom stereocenters. The van der Waals surface area contributed by atoms with Gasteiger partial charge in [0, 0.05) is 49.4 Å². The Morgan fingerprint density at radius 3 is 1.29 bits per heavy atom. The first-order valence-corrected chi connectivity index (χ1v) is 22.6. The maximum atomic E-state index is 5.22. The molecule has 0 aliphatic carbocycles. The van der Waals surface area contributed by atoms with Crippen molar-refractivity contribution in [1.82, 2.24) is 24.1 Å². The highest BCUT2D eigenvalue weighted by atomic mass is 15.0. The molecule has 8 aromatic carbocycles. The monoisotopic (exact) mass is 841 g/mol. The van der Waals surface area contributed by atoms with Gasteiger partial charge in [-0.1, -0.05) is 174 Å². The summed E-state index contributed by atoms with van der Waals surface area (Å²) in [5, 5.41) is 4.93. The van der Waals surface area contributed by atoms with Crippen molar-refractivity contribution in [2.45, 2.75) is 59.3 Å². The molecule has 0 fully saturated rings. The standard InChI is InChI=1S/C60H51N5/c1-38-26-31-52(64-50-24-16-14-22-44(50)48-36-42(59(2,3)4)28-32-53(48)64)47(34-38)46-30-27-41(58-62-56(39-18-10-8-11-19-39)61-57(63-58)40-20-12-9-13-21-40)35-55(46)65-51-25-17-15-23-45(51)49-37-43(60(5,6)7)29-33-54(49)65/h8-37H,1-7H3. The third-order valence-corrected chi connectivity index (χ3v) is 13.0. The number of hydrogen-bond acceptors (Lipinski definition) is 3. The van der Waals surface area contributed by atoms with Crippen LogP contribution in [-0.2, 0) is 10.8 Å². The summed E-state index contributed by atoms with van der Waals surface area (Å²) >= 11 is 0. The van der Waals surface area contributed by atoms with Crippen molar-refractivity contribution in [1.29, 1.82) is 0 Å². The molecule has 316 valence electrons. The Labute approximate surface area is 380 Å². The van der Waals surface area contributed by atoms with Gasteiger partial charge in [0.1, 0.15) is 0 Å². The summed E-state index contributed by atoms with van der Waals surface area (Å²) in [7, 11) is 0. The van der Waals surface area contributed by atoms with Gasteiger partial charge in [-0.3, -0.25) is 0 Å². The molecule has 65 heavy (non-hydrogen) atoms. The lowest BCUT2D eigenvalue weighted by Crippen LogP contribution is -2.10. The van der Waals surface area contributed by atoms with E-state index < -0.39 is 0 Å². The van der Waals surface area contributed by atoms with E-state index in [1.807, 2.05) is 36.4 Å². The summed E-state index contributed by atoms with van der Waals surface area (Å²) in [5.74, 6) is 1.88. The van der Waals surface area contributed by atoms with Gasteiger partial charge in [0.2, 0.25) is 0 Å². The summed E-state index contributed by atoms with van der Waals surface area (Å²) in [6, 6.07) is 65.7. The van der Waals surface area contributed by atoms with E-state index in [0.717, 1.165) is 50.2 Å². The first kappa shape index (κ1) is 40.2. The third kappa shape index (κ3) is 6.99. The van der Waals surface area contributed by atoms with Gasteiger partial charge in [-0.2, -0.15) is 0 Å². The van der Waals surface area contributed by atoms with Crippen LogP contribution in [0.1, 0.15) is 58.2 Å². The summed E-state index contributed by atoms with van der Waals surface area (Å²) < 4.78 is 4.93. The first-order valence-electron chi connectivity index (χ1n) is 22.6. The van der Waals surface area contributed by atoms with E-state index in [-0.39, 0.29) is 10.8 Å². The molecule has 0 aliphatic heterocycles. The van der Waals surface area contributed by atoms with Crippen LogP contribution in [0.15, 0.2) is 182 Å². The zero-order valence-electron chi connectivity index (χ0n) is 38.1. The lowest BCUT2D eigenvalue weighted by atomic mass is 9.86. The van der Waals surface area contributed by atoms with Gasteiger partial charge < -0.3 is 9.13 Å². The molecule has 5 nitrogen and oxygen atoms in total. The number of para-hydroxylation sites is 2. The van der Waals surface area contributed by atoms with Gasteiger partial charge in [-0.15, -0.1) is 0 Å². The van der Waals surface area contributed by atoms with Crippen molar-refractivity contribution in [2.24, 2.45) is 0 Å². The minimum Gasteiger partial charge on any atom is -0.309 e. The number of rotatable bonds is 6. The van der Waals surface area contributed by atoms with Crippen molar-refractivity contribution in [3.8, 4) is 56.7 Å². The van der Waals surface area contributed by atoms with Crippen LogP contribution in [0.2, 0.25) is 0 Å². The number of aromatic nitrogens is 5. The van der Waals surface area contributed by atoms with E-state index in [0.29, 0.717) is 17.5 Å². The molecule has 0 radical (unpaired) electrons. The lowest BCUT2D eigenvalue weighted by Gasteiger charge is -2.21. The fourth-order valence-corrected chi connectivity index (χ4v) is 9.48. The van der Waals surface area contributed by atoms with Crippen LogP contribution in [0, 0.1) is 6.92 Å². The molecule has 0 saturated carbocycles. The number of nitrogens with zero attached hydrogens (tertiary/aromatic N) is 5. The Bertz CT molecular complexity index is 3560. The molecule has 0 bridgehead atoms. The molecule has 0 spiro atoms. The Hall–Kier alpha value is -7.63. The van der Waals surface area contributed by atoms with Crippen LogP contribution in [0.5, 0.6) is 0 Å². The Morgan fingerprint density at radius 2 is 0.785 bits per heavy atom. The van der Waals surface area contributed by atoms with Crippen LogP contribution in [0.4, 0.5) is 0 Å². The van der Waals surface area contributed by atoms with E-state index in [9.17, 15) is 0 Å². The normalized spacial score (nSPS) is 12.2. The molecule has 11 rings (SSSR count). The van der Waals surface area contributed by atoms with Crippen LogP contribution >= 0.6 is 0 Å². The van der Waals surface area contributed by atoms with E-state index >= 15 is 0 Å². The molecule has 0 amide bonds. The fraction of sp³-hybridized carbons (Fsp3) is 0.150. The highest BCUT2D eigenvalue weighted by molar-refractivity contribution is 6.12. The Morgan fingerprint density at radius 1 is 0.338 bits per heavy atom. The maximum Gasteiger partial charge on any atom is 0.164 e. The molecule has 3 aromatic heterocycles. The van der Waals surface area contributed by atoms with E-state index in [2.05, 4.69) is 203 Å². The van der Waals surface area contributed by atoms with Gasteiger partial charge in [0.25, 0.3) is 0 Å². The molecule has 0 unspecified atom stereocenters. The largest absolute Gasteiger partial charge is 0.309 e. The highest BCUT2D eigenvalue weighted by Gasteiger charge is 2.24. The first-order chi connectivity index (χ1) is 31.4. The Balaban J connectivity index is 1.23. The minimum atomic E-state index is -0.0134. The summed E-state index contributed by atoms with van der Waals surface area (Å²) in [4.78, 5) is 15.5. The van der Waals surface area contributed by atoms with E-state index in [4.69, 9.17) is 15.0 Å². The second-order valence-electron chi connectivity index (χ2n) is 19.5. The maximum absolute atomic E-state index is 5.22. The number of benzene rings is 8. The molecule has 3 heterocycles. The van der Waals surface area contributed by atoms with Gasteiger partial charge in [-0.25, -0.2) is 15.0 Å². The molecular weight excluding hydrogens is 791 g/mol. The summed E-state index contributed by atoms with van der Waals surface area (Å²) in [5.41, 5.74) is 15.6. The van der Waals surface area contributed by atoms with Crippen molar-refractivity contribution in [2.75, 3.05) is 0 Å². The number of hydrogen-bond donors (Lipinski definition) is 0. The van der Waals surface area contributed by atoms with Gasteiger partial charge in [0.05, 0.1) is 33.4 Å². The highest BCUT2D eigenvalue weighted by Crippen LogP contribution is 2.44. The second-order valence-corrected chi connectivity index (χ2v) is 19.5. The molecular formula is C60H51N5. The molecule has 5 heteroatoms. The zero-order valence-corrected chi connectivity index (χ0v) is 38.1. The third-order valence-electron chi connectivity index (χ3n) is 13.0. The average Bonchev–Trinajstić information content (AvgIpc) is 3.83. The minimum absolute atomic E-state index is 0.0134. The van der Waals surface area contributed by atoms with Gasteiger partial charge in [0.15, 0.2) is 17.5 Å². The molecule has 11 aromatic rings. The van der Waals surface area contributed by atoms with Gasteiger partial charge in [-0.05, 0) is 83.5 Å². The van der Waals surface area contributed by atoms with E-state index in [1.165, 1.54) is 49.3 Å². The fourth-order valence-electron chi connectivity index (χ4n) is 9.48. The van der Waals surface area contributed by atoms with Crippen LogP contribution < -0.4 is 0 Å². The second kappa shape index (κ2) is 15.3. The summed E-state index contributed by atoms with van der Waals surface area (Å²) in [6.45, 7) is 15.9. The predicted octanol–water partition coefficient (Wildman–Crippen LogP) is 15.6. The van der Waals surface area contributed by atoms with Crippen molar-refractivity contribution >= 4 is 43.6 Å². The smallest absolute Gasteiger partial charge is 0.164 e. The topological polar surface area (TPSA) is 48.5 Å². The van der Waals surface area contributed by atoms with Gasteiger partial charge >= 0.3 is 0 Å². The van der Waals surface area contributed by atoms with Crippen LogP contribution in [-0.4, -0.2) is 24.1 Å². The molecule has 0 saturated heterocycles. The summed E-state index contributed by atoms with van der Waals surface area (Å²) in [6.07, 6.45) is 0. The molecule has 0 aliphatic rings. The number of aryl methyl sites for hydroxylation is 1. The van der Waals surface area contributed by atoms with Crippen LogP contribution in [0.25, 0.3) is 100 Å². The average molecular weight is 842 g/mol. The van der Waals surface area contributed by atoms with E-state index in [1.54, 1.807) is 0 Å². The Kier molecular flexibility index (Phi) is 9.44. The lowest BCUT2D eigenvalue weighted by molar-refractivity contribution is 0.591. The van der Waals surface area contributed by atoms with Crippen LogP contribution in [0.3, 0.4) is 0 Å². The SMILES string of the molecule is Cc1ccc(-n2c3ccccc3c3cc(C(C)(C)C)ccc32)c(-c2ccc(-c3nc(-c4ccccc4)nc(-c4ccccc4)n3)cc2-n2c3ccccc3c3cc(C(C)(C)C)ccc32)c1. The molecule has 0 N–H and O–H groups in total. The number of fused-ring (bicyclic) bond motifs is 6. The van der Waals surface area contributed by atoms with Crippen molar-refractivity contribution in [3.05, 3.63) is 199 Å². The predicted molar refractivity (Wildman–Crippen MR) is 272 cm³/mol. The quantitative estimate of drug-likeness (QED) is 0.168. The zero-order chi connectivity index (χ0) is 44.6.